The minimum absolute atomic E-state index is 0.177. The molecule has 0 heterocycles. The van der Waals surface area contributed by atoms with Crippen LogP contribution in [0.1, 0.15) is 27.2 Å². The normalized spacial score (nSPS) is 13.0. The van der Waals surface area contributed by atoms with Crippen molar-refractivity contribution < 1.29 is 18.7 Å². The smallest absolute Gasteiger partial charge is 0.253 e. The molecule has 1 rings (SSSR count). The monoisotopic (exact) mass is 298 g/mol. The van der Waals surface area contributed by atoms with Crippen molar-refractivity contribution in [3.63, 3.8) is 0 Å². The minimum atomic E-state index is -0.637. The molecule has 0 spiro atoms. The SMILES string of the molecule is COC(C)(C)CCOC(C)C(=O)Nc1ccc(F)cc1N. The molecule has 0 saturated heterocycles. The van der Waals surface area contributed by atoms with Crippen molar-refractivity contribution in [1.82, 2.24) is 0 Å². The molecule has 5 nitrogen and oxygen atoms in total. The van der Waals surface area contributed by atoms with Gasteiger partial charge in [-0.25, -0.2) is 4.39 Å². The van der Waals surface area contributed by atoms with Crippen LogP contribution in [0, 0.1) is 5.82 Å². The average molecular weight is 298 g/mol. The van der Waals surface area contributed by atoms with Gasteiger partial charge in [-0.15, -0.1) is 0 Å². The largest absolute Gasteiger partial charge is 0.397 e. The lowest BCUT2D eigenvalue weighted by Crippen LogP contribution is -2.31. The molecule has 0 fully saturated rings. The van der Waals surface area contributed by atoms with E-state index in [2.05, 4.69) is 5.32 Å². The molecule has 0 saturated carbocycles. The van der Waals surface area contributed by atoms with Crippen LogP contribution in [0.25, 0.3) is 0 Å². The molecule has 0 bridgehead atoms. The number of carbonyl (C=O) groups excluding carboxylic acids is 1. The van der Waals surface area contributed by atoms with Gasteiger partial charge >= 0.3 is 0 Å². The van der Waals surface area contributed by atoms with E-state index in [-0.39, 0.29) is 17.2 Å². The molecule has 1 amide bonds. The van der Waals surface area contributed by atoms with Crippen molar-refractivity contribution in [3.05, 3.63) is 24.0 Å². The molecule has 0 aromatic heterocycles. The number of nitrogens with two attached hydrogens (primary N) is 1. The van der Waals surface area contributed by atoms with Crippen LogP contribution >= 0.6 is 0 Å². The third kappa shape index (κ3) is 5.69. The fourth-order valence-corrected chi connectivity index (χ4v) is 1.54. The molecular formula is C15H23FN2O3. The Morgan fingerprint density at radius 2 is 2.14 bits per heavy atom. The first-order valence-corrected chi connectivity index (χ1v) is 6.78. The van der Waals surface area contributed by atoms with Crippen molar-refractivity contribution in [2.24, 2.45) is 0 Å². The Labute approximate surface area is 124 Å². The second kappa shape index (κ2) is 7.38. The van der Waals surface area contributed by atoms with Gasteiger partial charge in [-0.1, -0.05) is 0 Å². The third-order valence-electron chi connectivity index (χ3n) is 3.27. The number of carbonyl (C=O) groups is 1. The molecule has 3 N–H and O–H groups in total. The number of halogens is 1. The number of methoxy groups -OCH3 is 1. The van der Waals surface area contributed by atoms with E-state index in [9.17, 15) is 9.18 Å². The number of hydrogen-bond acceptors (Lipinski definition) is 4. The molecular weight excluding hydrogens is 275 g/mol. The van der Waals surface area contributed by atoms with Crippen molar-refractivity contribution in [2.75, 3.05) is 24.8 Å². The first-order valence-electron chi connectivity index (χ1n) is 6.78. The number of benzene rings is 1. The Hall–Kier alpha value is -1.66. The lowest BCUT2D eigenvalue weighted by atomic mass is 10.1. The Kier molecular flexibility index (Phi) is 6.11. The van der Waals surface area contributed by atoms with E-state index in [0.717, 1.165) is 6.07 Å². The van der Waals surface area contributed by atoms with Crippen LogP contribution < -0.4 is 11.1 Å². The fraction of sp³-hybridized carbons (Fsp3) is 0.533. The molecule has 1 unspecified atom stereocenters. The summed E-state index contributed by atoms with van der Waals surface area (Å²) in [6, 6.07) is 3.81. The highest BCUT2D eigenvalue weighted by Gasteiger charge is 2.19. The number of nitrogen functional groups attached to an aromatic ring is 1. The quantitative estimate of drug-likeness (QED) is 0.759. The van der Waals surface area contributed by atoms with Crippen molar-refractivity contribution in [2.45, 2.75) is 38.9 Å². The van der Waals surface area contributed by atoms with Crippen molar-refractivity contribution >= 4 is 17.3 Å². The highest BCUT2D eigenvalue weighted by Crippen LogP contribution is 2.19. The Morgan fingerprint density at radius 1 is 1.48 bits per heavy atom. The Balaban J connectivity index is 2.48. The van der Waals surface area contributed by atoms with Gasteiger partial charge in [0.1, 0.15) is 11.9 Å². The molecule has 1 aromatic rings. The van der Waals surface area contributed by atoms with E-state index in [4.69, 9.17) is 15.2 Å². The molecule has 0 aliphatic rings. The van der Waals surface area contributed by atoms with Crippen LogP contribution in [-0.4, -0.2) is 31.3 Å². The number of amides is 1. The third-order valence-corrected chi connectivity index (χ3v) is 3.27. The van der Waals surface area contributed by atoms with E-state index in [1.165, 1.54) is 12.1 Å². The zero-order valence-electron chi connectivity index (χ0n) is 12.9. The van der Waals surface area contributed by atoms with E-state index in [0.29, 0.717) is 18.7 Å². The summed E-state index contributed by atoms with van der Waals surface area (Å²) >= 11 is 0. The van der Waals surface area contributed by atoms with Gasteiger partial charge in [0.15, 0.2) is 0 Å². The lowest BCUT2D eigenvalue weighted by molar-refractivity contribution is -0.127. The Bertz CT molecular complexity index is 492. The van der Waals surface area contributed by atoms with Gasteiger partial charge < -0.3 is 20.5 Å². The summed E-state index contributed by atoms with van der Waals surface area (Å²) in [5.74, 6) is -0.778. The summed E-state index contributed by atoms with van der Waals surface area (Å²) in [6.45, 7) is 5.93. The summed E-state index contributed by atoms with van der Waals surface area (Å²) in [5.41, 5.74) is 5.89. The van der Waals surface area contributed by atoms with E-state index in [1.807, 2.05) is 13.8 Å². The van der Waals surface area contributed by atoms with Gasteiger partial charge in [0.05, 0.1) is 23.6 Å². The van der Waals surface area contributed by atoms with Gasteiger partial charge in [0.2, 0.25) is 0 Å². The van der Waals surface area contributed by atoms with Gasteiger partial charge in [-0.2, -0.15) is 0 Å². The van der Waals surface area contributed by atoms with E-state index in [1.54, 1.807) is 14.0 Å². The van der Waals surface area contributed by atoms with Crippen molar-refractivity contribution in [1.29, 1.82) is 0 Å². The first-order chi connectivity index (χ1) is 9.75. The summed E-state index contributed by atoms with van der Waals surface area (Å²) in [4.78, 5) is 12.0. The van der Waals surface area contributed by atoms with Crippen LogP contribution in [0.4, 0.5) is 15.8 Å². The zero-order chi connectivity index (χ0) is 16.0. The number of hydrogen-bond donors (Lipinski definition) is 2. The van der Waals surface area contributed by atoms with Crippen molar-refractivity contribution in [3.8, 4) is 0 Å². The molecule has 1 atom stereocenters. The molecule has 21 heavy (non-hydrogen) atoms. The van der Waals surface area contributed by atoms with Gasteiger partial charge in [0.25, 0.3) is 5.91 Å². The lowest BCUT2D eigenvalue weighted by Gasteiger charge is -2.23. The van der Waals surface area contributed by atoms with Crippen LogP contribution in [0.15, 0.2) is 18.2 Å². The Morgan fingerprint density at radius 3 is 2.71 bits per heavy atom. The maximum atomic E-state index is 12.9. The molecule has 0 radical (unpaired) electrons. The molecule has 6 heteroatoms. The number of ether oxygens (including phenoxy) is 2. The summed E-state index contributed by atoms with van der Waals surface area (Å²) < 4.78 is 23.7. The van der Waals surface area contributed by atoms with Crippen LogP contribution in [0.5, 0.6) is 0 Å². The predicted octanol–water partition coefficient (Wildman–Crippen LogP) is 2.57. The second-order valence-corrected chi connectivity index (χ2v) is 5.45. The minimum Gasteiger partial charge on any atom is -0.397 e. The van der Waals surface area contributed by atoms with Gasteiger partial charge in [-0.05, 0) is 45.4 Å². The van der Waals surface area contributed by atoms with Crippen LogP contribution in [0.3, 0.4) is 0 Å². The average Bonchev–Trinajstić information content (AvgIpc) is 2.41. The predicted molar refractivity (Wildman–Crippen MR) is 80.6 cm³/mol. The number of anilines is 2. The molecule has 0 aliphatic carbocycles. The molecule has 1 aromatic carbocycles. The topological polar surface area (TPSA) is 73.6 Å². The standard InChI is InChI=1S/C15H23FN2O3/c1-10(21-8-7-15(2,3)20-4)14(19)18-13-6-5-11(16)9-12(13)17/h5-6,9-10H,7-8,17H2,1-4H3,(H,18,19). The highest BCUT2D eigenvalue weighted by molar-refractivity contribution is 5.96. The number of rotatable bonds is 7. The molecule has 118 valence electrons. The maximum Gasteiger partial charge on any atom is 0.253 e. The fourth-order valence-electron chi connectivity index (χ4n) is 1.54. The van der Waals surface area contributed by atoms with E-state index < -0.39 is 11.9 Å². The van der Waals surface area contributed by atoms with Crippen LogP contribution in [-0.2, 0) is 14.3 Å². The maximum absolute atomic E-state index is 12.9. The summed E-state index contributed by atoms with van der Waals surface area (Å²) in [6.07, 6.45) is 0.0295. The van der Waals surface area contributed by atoms with E-state index >= 15 is 0 Å². The zero-order valence-corrected chi connectivity index (χ0v) is 12.9. The summed E-state index contributed by atoms with van der Waals surface area (Å²) in [7, 11) is 1.63. The van der Waals surface area contributed by atoms with Gasteiger partial charge in [-0.3, -0.25) is 4.79 Å². The number of nitrogens with one attached hydrogen (secondary N) is 1. The van der Waals surface area contributed by atoms with Gasteiger partial charge in [0, 0.05) is 7.11 Å². The highest BCUT2D eigenvalue weighted by atomic mass is 19.1. The summed E-state index contributed by atoms with van der Waals surface area (Å²) in [5, 5.41) is 2.61. The first kappa shape index (κ1) is 17.4. The molecule has 0 aliphatic heterocycles. The second-order valence-electron chi connectivity index (χ2n) is 5.45. The van der Waals surface area contributed by atoms with Crippen LogP contribution in [0.2, 0.25) is 0 Å².